The highest BCUT2D eigenvalue weighted by atomic mass is 32.1. The largest absolute Gasteiger partial charge is 0.456 e. The van der Waals surface area contributed by atoms with E-state index in [1.807, 2.05) is 41.7 Å². The molecule has 0 fully saturated rings. The lowest BCUT2D eigenvalue weighted by Gasteiger charge is -2.21. The molecule has 10 rings (SSSR count). The minimum atomic E-state index is 0.663. The number of nitrogens with zero attached hydrogens (tertiary/aromatic N) is 3. The van der Waals surface area contributed by atoms with Gasteiger partial charge in [-0.05, 0) is 36.4 Å². The molecule has 1 aliphatic heterocycles. The Hall–Kier alpha value is -5.26. The van der Waals surface area contributed by atoms with Crippen LogP contribution in [-0.4, -0.2) is 14.5 Å². The summed E-state index contributed by atoms with van der Waals surface area (Å²) < 4.78 is 11.1. The Morgan fingerprint density at radius 3 is 2.20 bits per heavy atom. The Morgan fingerprint density at radius 1 is 0.561 bits per heavy atom. The van der Waals surface area contributed by atoms with E-state index in [1.54, 1.807) is 0 Å². The first-order valence-corrected chi connectivity index (χ1v) is 14.5. The van der Waals surface area contributed by atoms with Crippen LogP contribution in [0.25, 0.3) is 80.9 Å². The number of aromatic nitrogens is 3. The summed E-state index contributed by atoms with van der Waals surface area (Å²) in [5.41, 5.74) is 4.98. The Kier molecular flexibility index (Phi) is 4.04. The predicted molar refractivity (Wildman–Crippen MR) is 170 cm³/mol. The molecular weight excluding hydrogens is 522 g/mol. The first-order chi connectivity index (χ1) is 20.3. The van der Waals surface area contributed by atoms with Gasteiger partial charge in [-0.2, -0.15) is 0 Å². The molecule has 41 heavy (non-hydrogen) atoms. The molecule has 4 nitrogen and oxygen atoms in total. The quantitative estimate of drug-likeness (QED) is 0.208. The Labute approximate surface area is 237 Å². The number of fused-ring (bicyclic) bond motifs is 11. The Bertz CT molecular complexity index is 2580. The molecule has 1 aliphatic rings. The van der Waals surface area contributed by atoms with E-state index in [9.17, 15) is 0 Å². The number of hydrogen-bond donors (Lipinski definition) is 0. The maximum absolute atomic E-state index is 6.26. The molecule has 0 amide bonds. The van der Waals surface area contributed by atoms with E-state index in [0.29, 0.717) is 5.95 Å². The number of rotatable bonds is 1. The highest BCUT2D eigenvalue weighted by molar-refractivity contribution is 7.26. The lowest BCUT2D eigenvalue weighted by Crippen LogP contribution is -2.06. The second kappa shape index (κ2) is 7.68. The van der Waals surface area contributed by atoms with Crippen molar-refractivity contribution in [2.75, 3.05) is 0 Å². The highest BCUT2D eigenvalue weighted by Gasteiger charge is 2.25. The second-order valence-electron chi connectivity index (χ2n) is 10.6. The average Bonchev–Trinajstić information content (AvgIpc) is 3.57. The van der Waals surface area contributed by atoms with Gasteiger partial charge in [-0.3, -0.25) is 4.57 Å². The predicted octanol–water partition coefficient (Wildman–Crippen LogP) is 10.0. The third-order valence-electron chi connectivity index (χ3n) is 8.41. The summed E-state index contributed by atoms with van der Waals surface area (Å²) in [5.74, 6) is 2.27. The van der Waals surface area contributed by atoms with Crippen molar-refractivity contribution >= 4 is 75.0 Å². The SMILES string of the molecule is c1ccc2c(c1)Oc1cccc3nc(-n4c5ccccc5c5ccc6c(ccc7c8ccccc8sc76)c54)nc-2c13. The van der Waals surface area contributed by atoms with Crippen molar-refractivity contribution in [1.29, 1.82) is 0 Å². The molecule has 6 aromatic carbocycles. The van der Waals surface area contributed by atoms with Gasteiger partial charge >= 0.3 is 0 Å². The van der Waals surface area contributed by atoms with Crippen molar-refractivity contribution in [3.05, 3.63) is 115 Å². The number of para-hydroxylation sites is 2. The van der Waals surface area contributed by atoms with Crippen LogP contribution in [0.15, 0.2) is 115 Å². The molecule has 0 radical (unpaired) electrons. The molecule has 190 valence electrons. The van der Waals surface area contributed by atoms with Crippen LogP contribution in [0.3, 0.4) is 0 Å². The van der Waals surface area contributed by atoms with Crippen LogP contribution in [0.4, 0.5) is 0 Å². The monoisotopic (exact) mass is 541 g/mol. The zero-order chi connectivity index (χ0) is 26.7. The fraction of sp³-hybridized carbons (Fsp3) is 0. The van der Waals surface area contributed by atoms with Crippen molar-refractivity contribution in [3.8, 4) is 28.7 Å². The average molecular weight is 542 g/mol. The molecule has 0 saturated carbocycles. The minimum absolute atomic E-state index is 0.663. The van der Waals surface area contributed by atoms with Crippen LogP contribution >= 0.6 is 11.3 Å². The zero-order valence-corrected chi connectivity index (χ0v) is 22.4. The van der Waals surface area contributed by atoms with Gasteiger partial charge in [-0.25, -0.2) is 9.97 Å². The smallest absolute Gasteiger partial charge is 0.235 e. The lowest BCUT2D eigenvalue weighted by atomic mass is 10.0. The van der Waals surface area contributed by atoms with Gasteiger partial charge in [0.15, 0.2) is 0 Å². The maximum Gasteiger partial charge on any atom is 0.235 e. The second-order valence-corrected chi connectivity index (χ2v) is 11.6. The molecule has 4 heterocycles. The normalized spacial score (nSPS) is 12.6. The van der Waals surface area contributed by atoms with Gasteiger partial charge in [-0.15, -0.1) is 11.3 Å². The summed E-state index contributed by atoms with van der Waals surface area (Å²) in [7, 11) is 0. The van der Waals surface area contributed by atoms with E-state index >= 15 is 0 Å². The van der Waals surface area contributed by atoms with E-state index in [0.717, 1.165) is 44.7 Å². The molecule has 0 aliphatic carbocycles. The van der Waals surface area contributed by atoms with Gasteiger partial charge in [-0.1, -0.05) is 78.9 Å². The van der Waals surface area contributed by atoms with Crippen molar-refractivity contribution in [2.24, 2.45) is 0 Å². The highest BCUT2D eigenvalue weighted by Crippen LogP contribution is 2.46. The van der Waals surface area contributed by atoms with E-state index in [4.69, 9.17) is 14.7 Å². The van der Waals surface area contributed by atoms with E-state index in [-0.39, 0.29) is 0 Å². The molecule has 0 unspecified atom stereocenters. The van der Waals surface area contributed by atoms with Crippen LogP contribution in [0.5, 0.6) is 11.5 Å². The summed E-state index contributed by atoms with van der Waals surface area (Å²) in [4.78, 5) is 10.5. The summed E-state index contributed by atoms with van der Waals surface area (Å²) in [5, 5.41) is 8.40. The van der Waals surface area contributed by atoms with Crippen molar-refractivity contribution in [3.63, 3.8) is 0 Å². The van der Waals surface area contributed by atoms with Crippen LogP contribution in [-0.2, 0) is 0 Å². The van der Waals surface area contributed by atoms with Crippen molar-refractivity contribution < 1.29 is 4.74 Å². The van der Waals surface area contributed by atoms with Gasteiger partial charge in [0.05, 0.1) is 27.6 Å². The fourth-order valence-corrected chi connectivity index (χ4v) is 7.87. The molecular formula is C36H19N3OS. The Morgan fingerprint density at radius 2 is 1.27 bits per heavy atom. The van der Waals surface area contributed by atoms with Crippen molar-refractivity contribution in [1.82, 2.24) is 14.5 Å². The zero-order valence-electron chi connectivity index (χ0n) is 21.6. The molecule has 0 saturated heterocycles. The molecule has 5 heteroatoms. The van der Waals surface area contributed by atoms with Crippen LogP contribution in [0, 0.1) is 0 Å². The van der Waals surface area contributed by atoms with Crippen LogP contribution in [0.2, 0.25) is 0 Å². The van der Waals surface area contributed by atoms with E-state index in [2.05, 4.69) is 89.5 Å². The van der Waals surface area contributed by atoms with Crippen LogP contribution < -0.4 is 4.74 Å². The molecule has 0 N–H and O–H groups in total. The lowest BCUT2D eigenvalue weighted by molar-refractivity contribution is 0.486. The maximum atomic E-state index is 6.26. The number of thiophene rings is 1. The molecule has 0 bridgehead atoms. The summed E-state index contributed by atoms with van der Waals surface area (Å²) in [6.45, 7) is 0. The summed E-state index contributed by atoms with van der Waals surface area (Å²) in [6, 6.07) is 40.5. The number of benzene rings is 6. The summed E-state index contributed by atoms with van der Waals surface area (Å²) in [6.07, 6.45) is 0. The van der Waals surface area contributed by atoms with Gasteiger partial charge in [0.1, 0.15) is 11.5 Å². The first-order valence-electron chi connectivity index (χ1n) is 13.7. The van der Waals surface area contributed by atoms with E-state index < -0.39 is 0 Å². The Balaban J connectivity index is 1.38. The minimum Gasteiger partial charge on any atom is -0.456 e. The number of ether oxygens (including phenoxy) is 1. The third kappa shape index (κ3) is 2.78. The number of hydrogen-bond acceptors (Lipinski definition) is 4. The fourth-order valence-electron chi connectivity index (χ4n) is 6.64. The molecule has 0 spiro atoms. The summed E-state index contributed by atoms with van der Waals surface area (Å²) >= 11 is 1.86. The molecule has 9 aromatic rings. The van der Waals surface area contributed by atoms with Crippen LogP contribution in [0.1, 0.15) is 0 Å². The molecule has 0 atom stereocenters. The standard InChI is InChI=1S/C36H19N3OS/c1-4-12-28-20(8-1)22-16-19-25-23(17-18-24-21-9-3-6-15-31(21)41-35(24)25)34(22)39(28)36-37-27-11-7-14-30-32(27)33(38-36)26-10-2-5-13-29(26)40-30/h1-19H. The van der Waals surface area contributed by atoms with Crippen molar-refractivity contribution in [2.45, 2.75) is 0 Å². The first kappa shape index (κ1) is 21.5. The van der Waals surface area contributed by atoms with Gasteiger partial charge < -0.3 is 4.74 Å². The molecule has 3 aromatic heterocycles. The van der Waals surface area contributed by atoms with Gasteiger partial charge in [0.2, 0.25) is 5.95 Å². The topological polar surface area (TPSA) is 39.9 Å². The van der Waals surface area contributed by atoms with Gasteiger partial charge in [0, 0.05) is 47.3 Å². The third-order valence-corrected chi connectivity index (χ3v) is 9.63. The van der Waals surface area contributed by atoms with Gasteiger partial charge in [0.25, 0.3) is 0 Å². The van der Waals surface area contributed by atoms with E-state index in [1.165, 1.54) is 41.7 Å².